The van der Waals surface area contributed by atoms with Gasteiger partial charge in [0.05, 0.1) is 5.69 Å². The number of nitrogens with one attached hydrogen (secondary N) is 1. The first-order valence-corrected chi connectivity index (χ1v) is 7.79. The van der Waals surface area contributed by atoms with Crippen LogP contribution >= 0.6 is 39.1 Å². The fourth-order valence-corrected chi connectivity index (χ4v) is 2.50. The molecule has 0 aliphatic rings. The first-order valence-electron chi connectivity index (χ1n) is 6.24. The Hall–Kier alpha value is -1.87. The van der Waals surface area contributed by atoms with Crippen molar-refractivity contribution in [3.8, 4) is 6.07 Å². The smallest absolute Gasteiger partial charge is 0.266 e. The van der Waals surface area contributed by atoms with E-state index >= 15 is 0 Å². The molecule has 0 unspecified atom stereocenters. The van der Waals surface area contributed by atoms with Crippen molar-refractivity contribution in [1.29, 1.82) is 5.26 Å². The van der Waals surface area contributed by atoms with Gasteiger partial charge in [0, 0.05) is 14.5 Å². The normalized spacial score (nSPS) is 11.0. The largest absolute Gasteiger partial charge is 0.319 e. The molecule has 0 spiro atoms. The van der Waals surface area contributed by atoms with Crippen LogP contribution in [-0.2, 0) is 4.79 Å². The zero-order valence-electron chi connectivity index (χ0n) is 11.4. The summed E-state index contributed by atoms with van der Waals surface area (Å²) in [7, 11) is 0. The Morgan fingerprint density at radius 3 is 2.61 bits per heavy atom. The summed E-state index contributed by atoms with van der Waals surface area (Å²) in [4.78, 5) is 12.1. The van der Waals surface area contributed by atoms with Gasteiger partial charge in [-0.1, -0.05) is 45.2 Å². The number of carbonyl (C=O) groups is 1. The van der Waals surface area contributed by atoms with Crippen molar-refractivity contribution in [2.24, 2.45) is 0 Å². The van der Waals surface area contributed by atoms with Crippen molar-refractivity contribution in [3.05, 3.63) is 67.9 Å². The third-order valence-corrected chi connectivity index (χ3v) is 3.86. The highest BCUT2D eigenvalue weighted by Crippen LogP contribution is 2.24. The zero-order chi connectivity index (χ0) is 17.0. The lowest BCUT2D eigenvalue weighted by Gasteiger charge is -2.06. The molecule has 116 valence electrons. The molecule has 0 heterocycles. The summed E-state index contributed by atoms with van der Waals surface area (Å²) >= 11 is 14.9. The van der Waals surface area contributed by atoms with Gasteiger partial charge in [-0.15, -0.1) is 0 Å². The van der Waals surface area contributed by atoms with Crippen LogP contribution < -0.4 is 5.32 Å². The van der Waals surface area contributed by atoms with Crippen LogP contribution in [0.4, 0.5) is 10.1 Å². The highest BCUT2D eigenvalue weighted by atomic mass is 79.9. The van der Waals surface area contributed by atoms with E-state index in [-0.39, 0.29) is 11.3 Å². The molecular weight excluding hydrogens is 406 g/mol. The average molecular weight is 414 g/mol. The Morgan fingerprint density at radius 2 is 2.00 bits per heavy atom. The van der Waals surface area contributed by atoms with Crippen LogP contribution in [0.2, 0.25) is 10.0 Å². The second-order valence-electron chi connectivity index (χ2n) is 4.41. The molecule has 0 radical (unpaired) electrons. The summed E-state index contributed by atoms with van der Waals surface area (Å²) in [5.74, 6) is -1.35. The minimum absolute atomic E-state index is 0.0263. The number of amides is 1. The second-order valence-corrected chi connectivity index (χ2v) is 6.17. The number of carbonyl (C=O) groups excluding carboxylic acids is 1. The van der Waals surface area contributed by atoms with Crippen molar-refractivity contribution in [2.75, 3.05) is 5.32 Å². The van der Waals surface area contributed by atoms with Crippen LogP contribution in [0.25, 0.3) is 6.08 Å². The molecule has 7 heteroatoms. The summed E-state index contributed by atoms with van der Waals surface area (Å²) in [6.45, 7) is 0. The van der Waals surface area contributed by atoms with Gasteiger partial charge in [0.1, 0.15) is 17.5 Å². The molecule has 0 bridgehead atoms. The number of halogens is 4. The lowest BCUT2D eigenvalue weighted by Crippen LogP contribution is -2.14. The molecule has 2 aromatic rings. The molecule has 3 nitrogen and oxygen atoms in total. The molecule has 0 fully saturated rings. The molecule has 1 N–H and O–H groups in total. The number of nitriles is 1. The summed E-state index contributed by atoms with van der Waals surface area (Å²) in [6.07, 6.45) is 1.31. The van der Waals surface area contributed by atoms with Crippen molar-refractivity contribution in [3.63, 3.8) is 0 Å². The predicted molar refractivity (Wildman–Crippen MR) is 92.8 cm³/mol. The average Bonchev–Trinajstić information content (AvgIpc) is 2.49. The number of benzene rings is 2. The van der Waals surface area contributed by atoms with E-state index in [9.17, 15) is 9.18 Å². The Morgan fingerprint density at radius 1 is 1.26 bits per heavy atom. The molecule has 1 amide bonds. The van der Waals surface area contributed by atoms with Gasteiger partial charge in [-0.05, 0) is 42.0 Å². The van der Waals surface area contributed by atoms with E-state index in [1.165, 1.54) is 24.3 Å². The minimum Gasteiger partial charge on any atom is -0.319 e. The van der Waals surface area contributed by atoms with E-state index in [0.717, 1.165) is 0 Å². The number of hydrogen-bond donors (Lipinski definition) is 1. The Labute approximate surface area is 150 Å². The van der Waals surface area contributed by atoms with Crippen LogP contribution in [-0.4, -0.2) is 5.91 Å². The van der Waals surface area contributed by atoms with Gasteiger partial charge in [-0.2, -0.15) is 5.26 Å². The Bertz CT molecular complexity index is 846. The molecule has 0 aliphatic heterocycles. The first kappa shape index (κ1) is 17.5. The highest BCUT2D eigenvalue weighted by molar-refractivity contribution is 9.10. The Balaban J connectivity index is 2.28. The summed E-state index contributed by atoms with van der Waals surface area (Å²) in [6, 6.07) is 10.6. The van der Waals surface area contributed by atoms with Gasteiger partial charge in [-0.25, -0.2) is 4.39 Å². The molecule has 0 aromatic heterocycles. The third-order valence-electron chi connectivity index (χ3n) is 2.81. The lowest BCUT2D eigenvalue weighted by atomic mass is 10.1. The maximum Gasteiger partial charge on any atom is 0.266 e. The number of nitrogens with zero attached hydrogens (tertiary/aromatic N) is 1. The molecule has 2 aromatic carbocycles. The van der Waals surface area contributed by atoms with Gasteiger partial charge >= 0.3 is 0 Å². The van der Waals surface area contributed by atoms with Crippen LogP contribution in [0, 0.1) is 17.1 Å². The van der Waals surface area contributed by atoms with Crippen LogP contribution in [0.5, 0.6) is 0 Å². The van der Waals surface area contributed by atoms with E-state index < -0.39 is 11.7 Å². The Kier molecular flexibility index (Phi) is 5.78. The van der Waals surface area contributed by atoms with E-state index in [1.54, 1.807) is 24.3 Å². The maximum atomic E-state index is 13.7. The number of anilines is 1. The first-order chi connectivity index (χ1) is 10.9. The maximum absolute atomic E-state index is 13.7. The van der Waals surface area contributed by atoms with Crippen LogP contribution in [0.15, 0.2) is 46.4 Å². The standard InChI is InChI=1S/C16H8BrCl2FN2O/c17-11-2-4-15(14(20)6-11)22-16(23)10(8-21)5-9-1-3-12(18)7-13(9)19/h1-7H,(H,22,23)/b10-5-. The van der Waals surface area contributed by atoms with E-state index in [1.807, 2.05) is 0 Å². The van der Waals surface area contributed by atoms with Gasteiger partial charge in [-0.3, -0.25) is 4.79 Å². The third kappa shape index (κ3) is 4.55. The molecule has 0 aliphatic carbocycles. The zero-order valence-corrected chi connectivity index (χ0v) is 14.5. The SMILES string of the molecule is N#C/C(=C/c1ccc(Cl)cc1Cl)C(=O)Nc1ccc(Br)cc1F. The van der Waals surface area contributed by atoms with Crippen molar-refractivity contribution in [2.45, 2.75) is 0 Å². The highest BCUT2D eigenvalue weighted by Gasteiger charge is 2.13. The summed E-state index contributed by atoms with van der Waals surface area (Å²) < 4.78 is 14.3. The minimum atomic E-state index is -0.736. The van der Waals surface area contributed by atoms with Gasteiger partial charge in [0.25, 0.3) is 5.91 Å². The van der Waals surface area contributed by atoms with Crippen LogP contribution in [0.3, 0.4) is 0 Å². The van der Waals surface area contributed by atoms with E-state index in [0.29, 0.717) is 20.1 Å². The van der Waals surface area contributed by atoms with Crippen LogP contribution in [0.1, 0.15) is 5.56 Å². The lowest BCUT2D eigenvalue weighted by molar-refractivity contribution is -0.112. The fraction of sp³-hybridized carbons (Fsp3) is 0. The van der Waals surface area contributed by atoms with E-state index in [4.69, 9.17) is 28.5 Å². The molecular formula is C16H8BrCl2FN2O. The van der Waals surface area contributed by atoms with Crippen molar-refractivity contribution in [1.82, 2.24) is 0 Å². The molecule has 0 saturated carbocycles. The molecule has 2 rings (SSSR count). The quantitative estimate of drug-likeness (QED) is 0.537. The van der Waals surface area contributed by atoms with Gasteiger partial charge in [0.15, 0.2) is 0 Å². The van der Waals surface area contributed by atoms with Gasteiger partial charge in [0.2, 0.25) is 0 Å². The second kappa shape index (κ2) is 7.60. The molecule has 23 heavy (non-hydrogen) atoms. The number of hydrogen-bond acceptors (Lipinski definition) is 2. The van der Waals surface area contributed by atoms with Crippen molar-refractivity contribution >= 4 is 56.8 Å². The fourth-order valence-electron chi connectivity index (χ4n) is 1.70. The molecule has 0 atom stereocenters. The predicted octanol–water partition coefficient (Wildman–Crippen LogP) is 5.44. The summed E-state index contributed by atoms with van der Waals surface area (Å²) in [5.41, 5.74) is 0.220. The summed E-state index contributed by atoms with van der Waals surface area (Å²) in [5, 5.41) is 12.2. The topological polar surface area (TPSA) is 52.9 Å². The van der Waals surface area contributed by atoms with Crippen molar-refractivity contribution < 1.29 is 9.18 Å². The van der Waals surface area contributed by atoms with Gasteiger partial charge < -0.3 is 5.32 Å². The number of rotatable bonds is 3. The van der Waals surface area contributed by atoms with E-state index in [2.05, 4.69) is 21.2 Å². The monoisotopic (exact) mass is 412 g/mol. The molecule has 0 saturated heterocycles.